The number of amides is 1. The van der Waals surface area contributed by atoms with Gasteiger partial charge in [-0.3, -0.25) is 10.1 Å². The predicted molar refractivity (Wildman–Crippen MR) is 119 cm³/mol. The molecule has 0 aliphatic rings. The van der Waals surface area contributed by atoms with E-state index in [1.807, 2.05) is 30.3 Å². The largest absolute Gasteiger partial charge is 0.497 e. The zero-order valence-electron chi connectivity index (χ0n) is 15.0. The van der Waals surface area contributed by atoms with Gasteiger partial charge in [0, 0.05) is 21.8 Å². The third-order valence-corrected chi connectivity index (χ3v) is 5.59. The molecule has 0 bridgehead atoms. The van der Waals surface area contributed by atoms with E-state index in [1.165, 1.54) is 11.3 Å². The highest BCUT2D eigenvalue weighted by Crippen LogP contribution is 2.37. The molecule has 144 valence electrons. The highest BCUT2D eigenvalue weighted by Gasteiger charge is 2.18. The summed E-state index contributed by atoms with van der Waals surface area (Å²) in [5.74, 6) is 0.996. The van der Waals surface area contributed by atoms with Crippen molar-refractivity contribution in [2.24, 2.45) is 0 Å². The molecule has 3 aromatic rings. The average Bonchev–Trinajstić information content (AvgIpc) is 3.02. The Bertz CT molecular complexity index is 1050. The van der Waals surface area contributed by atoms with Crippen molar-refractivity contribution in [2.75, 3.05) is 19.0 Å². The second-order valence-electron chi connectivity index (χ2n) is 5.64. The van der Waals surface area contributed by atoms with Gasteiger partial charge in [-0.25, -0.2) is 0 Å². The molecule has 0 spiro atoms. The average molecular weight is 433 g/mol. The zero-order valence-corrected chi connectivity index (χ0v) is 17.3. The highest BCUT2D eigenvalue weighted by molar-refractivity contribution is 7.80. The fourth-order valence-corrected chi connectivity index (χ4v) is 4.11. The number of fused-ring (bicyclic) bond motifs is 1. The summed E-state index contributed by atoms with van der Waals surface area (Å²) in [5, 5.41) is 6.97. The molecule has 0 saturated carbocycles. The fraction of sp³-hybridized carbons (Fsp3) is 0.100. The van der Waals surface area contributed by atoms with Gasteiger partial charge in [-0.05, 0) is 42.5 Å². The third kappa shape index (κ3) is 4.62. The van der Waals surface area contributed by atoms with Crippen LogP contribution in [0.2, 0.25) is 5.02 Å². The lowest BCUT2D eigenvalue weighted by molar-refractivity contribution is 0.0982. The molecule has 0 fully saturated rings. The number of halogens is 1. The van der Waals surface area contributed by atoms with Gasteiger partial charge in [-0.1, -0.05) is 30.3 Å². The van der Waals surface area contributed by atoms with Crippen molar-refractivity contribution in [3.8, 4) is 11.5 Å². The van der Waals surface area contributed by atoms with E-state index in [2.05, 4.69) is 17.2 Å². The summed E-state index contributed by atoms with van der Waals surface area (Å²) in [6, 6.07) is 12.7. The van der Waals surface area contributed by atoms with Crippen LogP contribution in [0, 0.1) is 0 Å². The molecular weight excluding hydrogens is 416 g/mol. The van der Waals surface area contributed by atoms with Crippen molar-refractivity contribution in [1.82, 2.24) is 5.32 Å². The summed E-state index contributed by atoms with van der Waals surface area (Å²) in [5.41, 5.74) is 0.694. The third-order valence-electron chi connectivity index (χ3n) is 3.73. The number of hydrogen-bond acceptors (Lipinski definition) is 5. The number of nitrogens with one attached hydrogen (secondary N) is 2. The number of carbonyl (C=O) groups is 1. The van der Waals surface area contributed by atoms with Gasteiger partial charge < -0.3 is 14.8 Å². The molecule has 0 aliphatic carbocycles. The predicted octanol–water partition coefficient (Wildman–Crippen LogP) is 5.25. The number of thiophene rings is 1. The maximum atomic E-state index is 12.6. The summed E-state index contributed by atoms with van der Waals surface area (Å²) in [4.78, 5) is 13.0. The first kappa shape index (κ1) is 20.1. The smallest absolute Gasteiger partial charge is 0.269 e. The summed E-state index contributed by atoms with van der Waals surface area (Å²) < 4.78 is 11.6. The van der Waals surface area contributed by atoms with Crippen molar-refractivity contribution >= 4 is 61.9 Å². The van der Waals surface area contributed by atoms with Crippen LogP contribution in [0.3, 0.4) is 0 Å². The van der Waals surface area contributed by atoms with E-state index in [1.54, 1.807) is 25.3 Å². The second-order valence-corrected chi connectivity index (χ2v) is 7.48. The Kier molecular flexibility index (Phi) is 6.51. The van der Waals surface area contributed by atoms with Crippen molar-refractivity contribution in [2.45, 2.75) is 0 Å². The number of benzene rings is 2. The Morgan fingerprint density at radius 1 is 1.29 bits per heavy atom. The number of rotatable bonds is 6. The second kappa shape index (κ2) is 9.05. The number of methoxy groups -OCH3 is 1. The molecule has 0 unspecified atom stereocenters. The van der Waals surface area contributed by atoms with Gasteiger partial charge in [-0.2, -0.15) is 0 Å². The normalized spacial score (nSPS) is 10.4. The minimum absolute atomic E-state index is 0.164. The molecule has 1 aromatic heterocycles. The number of thiocarbonyl (C=S) groups is 1. The van der Waals surface area contributed by atoms with E-state index < -0.39 is 0 Å². The SMILES string of the molecule is C=CCOc1cccc(NC(=S)NC(=O)c2sc3cc(OC)ccc3c2Cl)c1. The Labute approximate surface area is 176 Å². The summed E-state index contributed by atoms with van der Waals surface area (Å²) >= 11 is 12.9. The van der Waals surface area contributed by atoms with Crippen LogP contribution in [0.1, 0.15) is 9.67 Å². The number of ether oxygens (including phenoxy) is 2. The van der Waals surface area contributed by atoms with Crippen molar-refractivity contribution in [3.63, 3.8) is 0 Å². The van der Waals surface area contributed by atoms with Gasteiger partial charge >= 0.3 is 0 Å². The summed E-state index contributed by atoms with van der Waals surface area (Å²) in [6.07, 6.45) is 1.66. The van der Waals surface area contributed by atoms with Crippen molar-refractivity contribution in [3.05, 3.63) is 65.0 Å². The summed E-state index contributed by atoms with van der Waals surface area (Å²) in [7, 11) is 1.59. The Hall–Kier alpha value is -2.61. The summed E-state index contributed by atoms with van der Waals surface area (Å²) in [6.45, 7) is 4.02. The topological polar surface area (TPSA) is 59.6 Å². The molecule has 8 heteroatoms. The molecule has 0 saturated heterocycles. The van der Waals surface area contributed by atoms with Gasteiger partial charge in [0.2, 0.25) is 0 Å². The Balaban J connectivity index is 1.71. The van der Waals surface area contributed by atoms with E-state index >= 15 is 0 Å². The molecule has 1 heterocycles. The lowest BCUT2D eigenvalue weighted by Crippen LogP contribution is -2.33. The maximum absolute atomic E-state index is 12.6. The van der Waals surface area contributed by atoms with Gasteiger partial charge in [0.1, 0.15) is 23.0 Å². The first-order chi connectivity index (χ1) is 13.5. The molecule has 0 aliphatic heterocycles. The van der Waals surface area contributed by atoms with Crippen LogP contribution in [-0.4, -0.2) is 24.7 Å². The Morgan fingerprint density at radius 2 is 2.11 bits per heavy atom. The van der Waals surface area contributed by atoms with Crippen LogP contribution in [0.25, 0.3) is 10.1 Å². The van der Waals surface area contributed by atoms with Crippen LogP contribution in [0.4, 0.5) is 5.69 Å². The van der Waals surface area contributed by atoms with E-state index in [4.69, 9.17) is 33.3 Å². The molecule has 28 heavy (non-hydrogen) atoms. The van der Waals surface area contributed by atoms with Crippen molar-refractivity contribution < 1.29 is 14.3 Å². The van der Waals surface area contributed by atoms with E-state index in [9.17, 15) is 4.79 Å². The van der Waals surface area contributed by atoms with Crippen LogP contribution >= 0.6 is 35.2 Å². The van der Waals surface area contributed by atoms with Gasteiger partial charge in [-0.15, -0.1) is 11.3 Å². The van der Waals surface area contributed by atoms with Gasteiger partial charge in [0.25, 0.3) is 5.91 Å². The minimum atomic E-state index is -0.373. The molecular formula is C20H17ClN2O3S2. The lowest BCUT2D eigenvalue weighted by atomic mass is 10.2. The van der Waals surface area contributed by atoms with Crippen LogP contribution in [0.5, 0.6) is 11.5 Å². The zero-order chi connectivity index (χ0) is 20.1. The first-order valence-corrected chi connectivity index (χ1v) is 9.84. The molecule has 0 radical (unpaired) electrons. The molecule has 3 rings (SSSR count). The highest BCUT2D eigenvalue weighted by atomic mass is 35.5. The number of anilines is 1. The molecule has 1 amide bonds. The van der Waals surface area contributed by atoms with E-state index in [0.29, 0.717) is 33.7 Å². The molecule has 5 nitrogen and oxygen atoms in total. The molecule has 2 aromatic carbocycles. The fourth-order valence-electron chi connectivity index (χ4n) is 2.46. The van der Waals surface area contributed by atoms with Gasteiger partial charge in [0.15, 0.2) is 5.11 Å². The first-order valence-electron chi connectivity index (χ1n) is 8.24. The molecule has 0 atom stereocenters. The van der Waals surface area contributed by atoms with Crippen molar-refractivity contribution in [1.29, 1.82) is 0 Å². The number of carbonyl (C=O) groups excluding carboxylic acids is 1. The van der Waals surface area contributed by atoms with E-state index in [-0.39, 0.29) is 11.0 Å². The minimum Gasteiger partial charge on any atom is -0.497 e. The van der Waals surface area contributed by atoms with Gasteiger partial charge in [0.05, 0.1) is 12.1 Å². The van der Waals surface area contributed by atoms with Crippen LogP contribution < -0.4 is 20.1 Å². The molecule has 2 N–H and O–H groups in total. The lowest BCUT2D eigenvalue weighted by Gasteiger charge is -2.10. The van der Waals surface area contributed by atoms with E-state index in [0.717, 1.165) is 10.1 Å². The monoisotopic (exact) mass is 432 g/mol. The standard InChI is InChI=1S/C20H17ClN2O3S2/c1-3-9-26-14-6-4-5-12(10-14)22-20(27)23-19(24)18-17(21)15-8-7-13(25-2)11-16(15)28-18/h3-8,10-11H,1,9H2,2H3,(H2,22,23,24,27). The van der Waals surface area contributed by atoms with Crippen LogP contribution in [-0.2, 0) is 0 Å². The number of hydrogen-bond donors (Lipinski definition) is 2. The Morgan fingerprint density at radius 3 is 2.86 bits per heavy atom. The van der Waals surface area contributed by atoms with Crippen LogP contribution in [0.15, 0.2) is 55.1 Å². The maximum Gasteiger partial charge on any atom is 0.269 e. The quantitative estimate of drug-likeness (QED) is 0.411.